The summed E-state index contributed by atoms with van der Waals surface area (Å²) in [5.74, 6) is 0.770. The molecule has 0 radical (unpaired) electrons. The van der Waals surface area contributed by atoms with E-state index in [0.29, 0.717) is 6.61 Å². The Morgan fingerprint density at radius 1 is 0.935 bits per heavy atom. The third-order valence-corrected chi connectivity index (χ3v) is 5.51. The Morgan fingerprint density at radius 2 is 1.68 bits per heavy atom. The van der Waals surface area contributed by atoms with Crippen LogP contribution in [0.4, 0.5) is 18.9 Å². The van der Waals surface area contributed by atoms with E-state index < -0.39 is 11.7 Å². The van der Waals surface area contributed by atoms with Gasteiger partial charge < -0.3 is 14.6 Å². The number of ether oxygens (including phenoxy) is 1. The molecule has 1 aliphatic rings. The average molecular weight is 431 g/mol. The normalized spacial score (nSPS) is 15.4. The van der Waals surface area contributed by atoms with E-state index in [2.05, 4.69) is 14.8 Å². The first-order valence-corrected chi connectivity index (χ1v) is 10.3. The molecule has 0 atom stereocenters. The molecule has 2 heterocycles. The first kappa shape index (κ1) is 21.2. The van der Waals surface area contributed by atoms with Gasteiger partial charge in [-0.1, -0.05) is 0 Å². The molecule has 4 rings (SSSR count). The van der Waals surface area contributed by atoms with Crippen LogP contribution in [0.1, 0.15) is 12.0 Å². The van der Waals surface area contributed by atoms with Crippen molar-refractivity contribution in [3.05, 3.63) is 70.5 Å². The average Bonchev–Trinajstić information content (AvgIpc) is 2.77. The molecule has 0 bridgehead atoms. The van der Waals surface area contributed by atoms with Crippen molar-refractivity contribution in [3.63, 3.8) is 0 Å². The molecule has 31 heavy (non-hydrogen) atoms. The zero-order valence-electron chi connectivity index (χ0n) is 17.0. The molecule has 2 aromatic carbocycles. The van der Waals surface area contributed by atoms with Crippen LogP contribution in [-0.4, -0.2) is 49.2 Å². The van der Waals surface area contributed by atoms with Gasteiger partial charge in [-0.15, -0.1) is 0 Å². The number of hydrogen-bond acceptors (Lipinski definition) is 4. The maximum absolute atomic E-state index is 12.7. The lowest BCUT2D eigenvalue weighted by Gasteiger charge is -2.36. The molecule has 164 valence electrons. The standard InChI is InChI=1S/C23H24F3N3O2/c24-23(25,26)18-3-5-19(6-4-18)29-13-11-28(12-14-29)10-1-15-31-20-7-8-21-17(16-20)2-9-22(30)27-21/h2-9,16H,1,10-15H2,(H,27,30). The number of halogens is 3. The number of anilines is 1. The van der Waals surface area contributed by atoms with Crippen LogP contribution in [0, 0.1) is 0 Å². The van der Waals surface area contributed by atoms with Crippen LogP contribution in [0.25, 0.3) is 10.9 Å². The van der Waals surface area contributed by atoms with Crippen LogP contribution in [0.2, 0.25) is 0 Å². The predicted octanol–water partition coefficient (Wildman–Crippen LogP) is 4.14. The molecule has 1 saturated heterocycles. The lowest BCUT2D eigenvalue weighted by atomic mass is 10.1. The van der Waals surface area contributed by atoms with Crippen molar-refractivity contribution in [1.82, 2.24) is 9.88 Å². The fraction of sp³-hybridized carbons (Fsp3) is 0.348. The molecule has 1 fully saturated rings. The van der Waals surface area contributed by atoms with Crippen LogP contribution in [0.3, 0.4) is 0 Å². The molecule has 3 aromatic rings. The second-order valence-electron chi connectivity index (χ2n) is 7.65. The Kier molecular flexibility index (Phi) is 6.18. The molecule has 1 aromatic heterocycles. The van der Waals surface area contributed by atoms with Gasteiger partial charge in [0.25, 0.3) is 0 Å². The topological polar surface area (TPSA) is 48.6 Å². The molecule has 1 aliphatic heterocycles. The minimum absolute atomic E-state index is 0.125. The zero-order chi connectivity index (χ0) is 21.8. The van der Waals surface area contributed by atoms with Crippen molar-refractivity contribution in [3.8, 4) is 5.75 Å². The number of fused-ring (bicyclic) bond motifs is 1. The molecule has 0 unspecified atom stereocenters. The van der Waals surface area contributed by atoms with Gasteiger partial charge in [0.1, 0.15) is 5.75 Å². The number of benzene rings is 2. The smallest absolute Gasteiger partial charge is 0.416 e. The van der Waals surface area contributed by atoms with E-state index >= 15 is 0 Å². The predicted molar refractivity (Wildman–Crippen MR) is 115 cm³/mol. The highest BCUT2D eigenvalue weighted by molar-refractivity contribution is 5.79. The van der Waals surface area contributed by atoms with Crippen molar-refractivity contribution in [2.45, 2.75) is 12.6 Å². The van der Waals surface area contributed by atoms with E-state index in [-0.39, 0.29) is 5.56 Å². The van der Waals surface area contributed by atoms with Crippen LogP contribution >= 0.6 is 0 Å². The van der Waals surface area contributed by atoms with Gasteiger partial charge in [0.15, 0.2) is 0 Å². The molecular weight excluding hydrogens is 407 g/mol. The number of rotatable bonds is 6. The summed E-state index contributed by atoms with van der Waals surface area (Å²) in [5, 5.41) is 0.927. The second kappa shape index (κ2) is 9.01. The Bertz CT molecular complexity index is 1070. The number of hydrogen-bond donors (Lipinski definition) is 1. The summed E-state index contributed by atoms with van der Waals surface area (Å²) in [5.41, 5.74) is 0.869. The van der Waals surface area contributed by atoms with E-state index in [1.165, 1.54) is 6.07 Å². The number of H-pyrrole nitrogens is 1. The monoisotopic (exact) mass is 431 g/mol. The minimum Gasteiger partial charge on any atom is -0.494 e. The van der Waals surface area contributed by atoms with Gasteiger partial charge in [-0.3, -0.25) is 9.69 Å². The highest BCUT2D eigenvalue weighted by Gasteiger charge is 2.30. The van der Waals surface area contributed by atoms with E-state index in [0.717, 1.165) is 73.6 Å². The van der Waals surface area contributed by atoms with Crippen LogP contribution in [0.15, 0.2) is 59.4 Å². The molecule has 0 spiro atoms. The molecule has 0 saturated carbocycles. The van der Waals surface area contributed by atoms with Gasteiger partial charge in [0.2, 0.25) is 5.56 Å². The summed E-state index contributed by atoms with van der Waals surface area (Å²) in [7, 11) is 0. The van der Waals surface area contributed by atoms with Crippen molar-refractivity contribution in [2.75, 3.05) is 44.2 Å². The fourth-order valence-corrected chi connectivity index (χ4v) is 3.79. The van der Waals surface area contributed by atoms with Crippen LogP contribution in [-0.2, 0) is 6.18 Å². The van der Waals surface area contributed by atoms with Crippen molar-refractivity contribution in [2.24, 2.45) is 0 Å². The number of aromatic nitrogens is 1. The minimum atomic E-state index is -4.30. The lowest BCUT2D eigenvalue weighted by molar-refractivity contribution is -0.137. The fourth-order valence-electron chi connectivity index (χ4n) is 3.79. The number of alkyl halides is 3. The van der Waals surface area contributed by atoms with E-state index in [9.17, 15) is 18.0 Å². The number of pyridine rings is 1. The SMILES string of the molecule is O=c1ccc2cc(OCCCN3CCN(c4ccc(C(F)(F)F)cc4)CC3)ccc2[nH]1. The number of nitrogens with zero attached hydrogens (tertiary/aromatic N) is 2. The summed E-state index contributed by atoms with van der Waals surface area (Å²) < 4.78 is 44.0. The maximum atomic E-state index is 12.7. The van der Waals surface area contributed by atoms with Crippen LogP contribution < -0.4 is 15.2 Å². The summed E-state index contributed by atoms with van der Waals surface area (Å²) in [6.45, 7) is 4.80. The van der Waals surface area contributed by atoms with Gasteiger partial charge >= 0.3 is 6.18 Å². The van der Waals surface area contributed by atoms with Crippen LogP contribution in [0.5, 0.6) is 5.75 Å². The summed E-state index contributed by atoms with van der Waals surface area (Å²) in [6.07, 6.45) is -3.42. The quantitative estimate of drug-likeness (QED) is 0.596. The summed E-state index contributed by atoms with van der Waals surface area (Å²) in [6, 6.07) is 14.2. The molecule has 0 aliphatic carbocycles. The number of nitrogens with one attached hydrogen (secondary N) is 1. The third kappa shape index (κ3) is 5.38. The number of aromatic amines is 1. The van der Waals surface area contributed by atoms with E-state index in [1.807, 2.05) is 18.2 Å². The van der Waals surface area contributed by atoms with Crippen molar-refractivity contribution < 1.29 is 17.9 Å². The zero-order valence-corrected chi connectivity index (χ0v) is 17.0. The molecule has 5 nitrogen and oxygen atoms in total. The van der Waals surface area contributed by atoms with Crippen molar-refractivity contribution in [1.29, 1.82) is 0 Å². The molecule has 0 amide bonds. The largest absolute Gasteiger partial charge is 0.494 e. The van der Waals surface area contributed by atoms with E-state index in [4.69, 9.17) is 4.74 Å². The van der Waals surface area contributed by atoms with Gasteiger partial charge in [0, 0.05) is 55.4 Å². The van der Waals surface area contributed by atoms with Gasteiger partial charge in [-0.25, -0.2) is 0 Å². The van der Waals surface area contributed by atoms with Gasteiger partial charge in [-0.05, 0) is 55.0 Å². The summed E-state index contributed by atoms with van der Waals surface area (Å²) >= 11 is 0. The highest BCUT2D eigenvalue weighted by atomic mass is 19.4. The number of piperazine rings is 1. The Labute approximate surface area is 178 Å². The maximum Gasteiger partial charge on any atom is 0.416 e. The Balaban J connectivity index is 1.20. The first-order chi connectivity index (χ1) is 14.9. The molecule has 8 heteroatoms. The Hall–Kier alpha value is -3.00. The van der Waals surface area contributed by atoms with Gasteiger partial charge in [-0.2, -0.15) is 13.2 Å². The summed E-state index contributed by atoms with van der Waals surface area (Å²) in [4.78, 5) is 18.6. The molecule has 1 N–H and O–H groups in total. The third-order valence-electron chi connectivity index (χ3n) is 5.51. The highest BCUT2D eigenvalue weighted by Crippen LogP contribution is 2.30. The van der Waals surface area contributed by atoms with E-state index in [1.54, 1.807) is 18.2 Å². The second-order valence-corrected chi connectivity index (χ2v) is 7.65. The van der Waals surface area contributed by atoms with Crippen molar-refractivity contribution >= 4 is 16.6 Å². The lowest BCUT2D eigenvalue weighted by Crippen LogP contribution is -2.46. The Morgan fingerprint density at radius 3 is 2.39 bits per heavy atom. The van der Waals surface area contributed by atoms with Gasteiger partial charge in [0.05, 0.1) is 12.2 Å². The first-order valence-electron chi connectivity index (χ1n) is 10.3. The molecular formula is C23H24F3N3O2.